The van der Waals surface area contributed by atoms with Crippen molar-refractivity contribution in [2.45, 2.75) is 48.2 Å². The molecule has 4 heterocycles. The maximum Gasteiger partial charge on any atom is 0.188 e. The van der Waals surface area contributed by atoms with Gasteiger partial charge in [0.1, 0.15) is 18.5 Å². The molecular weight excluding hydrogens is 484 g/mol. The Morgan fingerprint density at radius 2 is 2.20 bits per heavy atom. The number of hydrogen-bond acceptors (Lipinski definition) is 11. The molecule has 0 amide bonds. The number of aliphatic hydroxyl groups is 2. The average molecular weight is 509 g/mol. The number of aryl methyl sites for hydroxylation is 2. The second kappa shape index (κ2) is 10.6. The predicted molar refractivity (Wildman–Crippen MR) is 133 cm³/mol. The SMILES string of the molecule is Cc1ncccc1Sc1cnc(Nc2nc(C(O)CO)cs2)c(OC2CCCc3ncncc32)c1. The van der Waals surface area contributed by atoms with Crippen LogP contribution in [0.15, 0.2) is 58.3 Å². The van der Waals surface area contributed by atoms with Gasteiger partial charge >= 0.3 is 0 Å². The molecule has 0 saturated carbocycles. The minimum Gasteiger partial charge on any atom is -0.482 e. The topological polar surface area (TPSA) is 126 Å². The van der Waals surface area contributed by atoms with Gasteiger partial charge in [-0.2, -0.15) is 0 Å². The molecule has 2 unspecified atom stereocenters. The average Bonchev–Trinajstić information content (AvgIpc) is 3.35. The molecular formula is C24H24N6O3S2. The Balaban J connectivity index is 1.46. The first-order valence-electron chi connectivity index (χ1n) is 11.2. The number of nitrogens with one attached hydrogen (secondary N) is 1. The van der Waals surface area contributed by atoms with Crippen molar-refractivity contribution in [3.05, 3.63) is 71.1 Å². The highest BCUT2D eigenvalue weighted by Gasteiger charge is 2.25. The quantitative estimate of drug-likeness (QED) is 0.315. The van der Waals surface area contributed by atoms with E-state index in [1.54, 1.807) is 35.9 Å². The summed E-state index contributed by atoms with van der Waals surface area (Å²) in [7, 11) is 0. The number of nitrogens with zero attached hydrogens (tertiary/aromatic N) is 5. The second-order valence-electron chi connectivity index (χ2n) is 8.03. The van der Waals surface area contributed by atoms with Crippen molar-refractivity contribution in [2.75, 3.05) is 11.9 Å². The van der Waals surface area contributed by atoms with E-state index in [0.717, 1.165) is 46.0 Å². The summed E-state index contributed by atoms with van der Waals surface area (Å²) in [4.78, 5) is 24.0. The van der Waals surface area contributed by atoms with Gasteiger partial charge in [0.25, 0.3) is 0 Å². The number of rotatable bonds is 8. The van der Waals surface area contributed by atoms with Crippen molar-refractivity contribution >= 4 is 34.0 Å². The molecule has 5 rings (SSSR count). The van der Waals surface area contributed by atoms with E-state index in [9.17, 15) is 10.2 Å². The molecule has 180 valence electrons. The van der Waals surface area contributed by atoms with E-state index in [-0.39, 0.29) is 6.10 Å². The number of fused-ring (bicyclic) bond motifs is 1. The molecule has 9 nitrogen and oxygen atoms in total. The lowest BCUT2D eigenvalue weighted by Crippen LogP contribution is -2.17. The largest absolute Gasteiger partial charge is 0.482 e. The minimum atomic E-state index is -1.02. The zero-order chi connectivity index (χ0) is 24.2. The lowest BCUT2D eigenvalue weighted by Gasteiger charge is -2.26. The summed E-state index contributed by atoms with van der Waals surface area (Å²) in [6, 6.07) is 5.90. The van der Waals surface area contributed by atoms with Crippen molar-refractivity contribution in [3.63, 3.8) is 0 Å². The van der Waals surface area contributed by atoms with E-state index in [4.69, 9.17) is 4.74 Å². The Kier molecular flexibility index (Phi) is 7.19. The van der Waals surface area contributed by atoms with Gasteiger partial charge in [-0.3, -0.25) is 4.98 Å². The third kappa shape index (κ3) is 5.43. The Bertz CT molecular complexity index is 1320. The van der Waals surface area contributed by atoms with E-state index >= 15 is 0 Å². The highest BCUT2D eigenvalue weighted by Crippen LogP contribution is 2.39. The Morgan fingerprint density at radius 1 is 1.29 bits per heavy atom. The maximum absolute atomic E-state index is 9.88. The number of hydrogen-bond donors (Lipinski definition) is 3. The van der Waals surface area contributed by atoms with Crippen molar-refractivity contribution < 1.29 is 14.9 Å². The third-order valence-corrected chi connectivity index (χ3v) is 7.48. The molecule has 1 aliphatic carbocycles. The fourth-order valence-corrected chi connectivity index (χ4v) is 5.42. The number of aromatic nitrogens is 5. The van der Waals surface area contributed by atoms with Crippen LogP contribution in [0.5, 0.6) is 5.75 Å². The van der Waals surface area contributed by atoms with Crippen molar-refractivity contribution in [1.29, 1.82) is 0 Å². The first-order valence-corrected chi connectivity index (χ1v) is 12.9. The number of thiazole rings is 1. The number of aliphatic hydroxyl groups excluding tert-OH is 2. The molecule has 11 heteroatoms. The summed E-state index contributed by atoms with van der Waals surface area (Å²) < 4.78 is 6.52. The van der Waals surface area contributed by atoms with Crippen LogP contribution >= 0.6 is 23.1 Å². The molecule has 0 bridgehead atoms. The van der Waals surface area contributed by atoms with Gasteiger partial charge in [-0.25, -0.2) is 19.9 Å². The molecule has 0 aliphatic heterocycles. The zero-order valence-corrected chi connectivity index (χ0v) is 20.6. The minimum absolute atomic E-state index is 0.189. The fourth-order valence-electron chi connectivity index (χ4n) is 3.79. The molecule has 3 N–H and O–H groups in total. The van der Waals surface area contributed by atoms with E-state index in [1.807, 2.05) is 31.3 Å². The van der Waals surface area contributed by atoms with Gasteiger partial charge in [0.2, 0.25) is 0 Å². The van der Waals surface area contributed by atoms with Crippen LogP contribution in [0.1, 0.15) is 47.7 Å². The Morgan fingerprint density at radius 3 is 3.06 bits per heavy atom. The molecule has 0 fully saturated rings. The normalized spacial score (nSPS) is 15.9. The zero-order valence-electron chi connectivity index (χ0n) is 19.0. The van der Waals surface area contributed by atoms with Crippen LogP contribution in [-0.2, 0) is 6.42 Å². The van der Waals surface area contributed by atoms with Gasteiger partial charge < -0.3 is 20.3 Å². The lowest BCUT2D eigenvalue weighted by molar-refractivity contribution is 0.0928. The van der Waals surface area contributed by atoms with Crippen molar-refractivity contribution in [3.8, 4) is 5.75 Å². The summed E-state index contributed by atoms with van der Waals surface area (Å²) in [5.41, 5.74) is 3.35. The maximum atomic E-state index is 9.88. The Hall–Kier alpha value is -3.12. The van der Waals surface area contributed by atoms with Crippen LogP contribution in [0.4, 0.5) is 10.9 Å². The van der Waals surface area contributed by atoms with Gasteiger partial charge in [-0.1, -0.05) is 11.8 Å². The number of ether oxygens (including phenoxy) is 1. The van der Waals surface area contributed by atoms with Gasteiger partial charge in [0.15, 0.2) is 16.7 Å². The highest BCUT2D eigenvalue weighted by molar-refractivity contribution is 7.99. The molecule has 0 spiro atoms. The molecule has 1 aliphatic rings. The molecule has 4 aromatic heterocycles. The second-order valence-corrected chi connectivity index (χ2v) is 10.0. The van der Waals surface area contributed by atoms with Crippen molar-refractivity contribution in [1.82, 2.24) is 24.9 Å². The van der Waals surface area contributed by atoms with Crippen LogP contribution in [-0.4, -0.2) is 41.7 Å². The van der Waals surface area contributed by atoms with Gasteiger partial charge in [0, 0.05) is 39.3 Å². The van der Waals surface area contributed by atoms with Crippen LogP contribution in [0.2, 0.25) is 0 Å². The van der Waals surface area contributed by atoms with Gasteiger partial charge in [-0.05, 0) is 44.4 Å². The summed E-state index contributed by atoms with van der Waals surface area (Å²) in [6.45, 7) is 1.58. The standard InChI is InChI=1S/C24H24N6O3S2/c1-14-22(6-3-7-26-14)35-15-8-21(33-20-5-2-4-17-16(20)10-25-13-28-17)23(27-9-15)30-24-29-18(12-34-24)19(32)11-31/h3,6-10,12-13,19-20,31-32H,2,4-5,11H2,1H3,(H,27,29,30). The first-order chi connectivity index (χ1) is 17.1. The summed E-state index contributed by atoms with van der Waals surface area (Å²) in [5, 5.41) is 24.5. The summed E-state index contributed by atoms with van der Waals surface area (Å²) >= 11 is 2.89. The Labute approximate surface area is 210 Å². The van der Waals surface area contributed by atoms with Crippen LogP contribution in [0.3, 0.4) is 0 Å². The van der Waals surface area contributed by atoms with Crippen LogP contribution < -0.4 is 10.1 Å². The van der Waals surface area contributed by atoms with E-state index < -0.39 is 12.7 Å². The van der Waals surface area contributed by atoms with E-state index in [0.29, 0.717) is 22.4 Å². The van der Waals surface area contributed by atoms with E-state index in [2.05, 4.69) is 30.2 Å². The molecule has 4 aromatic rings. The van der Waals surface area contributed by atoms with Crippen molar-refractivity contribution in [2.24, 2.45) is 0 Å². The lowest BCUT2D eigenvalue weighted by atomic mass is 9.94. The van der Waals surface area contributed by atoms with Crippen LogP contribution in [0.25, 0.3) is 0 Å². The predicted octanol–water partition coefficient (Wildman–Crippen LogP) is 4.41. The van der Waals surface area contributed by atoms with Gasteiger partial charge in [0.05, 0.1) is 23.7 Å². The molecule has 0 aromatic carbocycles. The third-order valence-electron chi connectivity index (χ3n) is 5.60. The molecule has 35 heavy (non-hydrogen) atoms. The smallest absolute Gasteiger partial charge is 0.188 e. The highest BCUT2D eigenvalue weighted by atomic mass is 32.2. The number of pyridine rings is 2. The monoisotopic (exact) mass is 508 g/mol. The number of anilines is 2. The first kappa shape index (κ1) is 23.6. The van der Waals surface area contributed by atoms with E-state index in [1.165, 1.54) is 11.3 Å². The summed E-state index contributed by atoms with van der Waals surface area (Å²) in [5.74, 6) is 1.10. The molecule has 0 saturated heterocycles. The molecule has 2 atom stereocenters. The van der Waals surface area contributed by atoms with Crippen LogP contribution in [0, 0.1) is 6.92 Å². The summed E-state index contributed by atoms with van der Waals surface area (Å²) in [6.07, 6.45) is 8.48. The fraction of sp³-hybridized carbons (Fsp3) is 0.292. The molecule has 0 radical (unpaired) electrons. The van der Waals surface area contributed by atoms with Gasteiger partial charge in [-0.15, -0.1) is 11.3 Å².